The van der Waals surface area contributed by atoms with Crippen LogP contribution in [-0.4, -0.2) is 6.04 Å². The molecule has 0 spiro atoms. The van der Waals surface area contributed by atoms with Gasteiger partial charge in [-0.2, -0.15) is 0 Å². The van der Waals surface area contributed by atoms with Crippen LogP contribution in [0.1, 0.15) is 33.6 Å². The van der Waals surface area contributed by atoms with Gasteiger partial charge in [0, 0.05) is 6.04 Å². The minimum atomic E-state index is 0. The lowest BCUT2D eigenvalue weighted by Crippen LogP contribution is -2.18. The molecular formula is C8H18ClN. The Labute approximate surface area is 70.1 Å². The molecule has 0 aromatic rings. The highest BCUT2D eigenvalue weighted by Gasteiger charge is 1.97. The van der Waals surface area contributed by atoms with Crippen LogP contribution in [0.2, 0.25) is 0 Å². The smallest absolute Gasteiger partial charge is 0.00733 e. The Balaban J connectivity index is 0. The summed E-state index contributed by atoms with van der Waals surface area (Å²) in [6, 6.07) is 0.362. The normalized spacial score (nSPS) is 14.2. The van der Waals surface area contributed by atoms with Gasteiger partial charge in [0.15, 0.2) is 0 Å². The van der Waals surface area contributed by atoms with Crippen LogP contribution in [0.4, 0.5) is 0 Å². The molecule has 1 atom stereocenters. The molecule has 0 aliphatic carbocycles. The molecule has 0 saturated heterocycles. The molecule has 62 valence electrons. The maximum Gasteiger partial charge on any atom is 0.00733 e. The average molecular weight is 164 g/mol. The second kappa shape index (κ2) is 7.10. The van der Waals surface area contributed by atoms with Crippen LogP contribution in [0, 0.1) is 0 Å². The molecular weight excluding hydrogens is 146 g/mol. The number of rotatable bonds is 3. The zero-order valence-electron chi connectivity index (χ0n) is 7.05. The SMILES string of the molecule is C/C=C(\C)CC(N)CC.Cl. The molecule has 1 unspecified atom stereocenters. The van der Waals surface area contributed by atoms with E-state index in [1.165, 1.54) is 5.57 Å². The number of halogens is 1. The van der Waals surface area contributed by atoms with Crippen molar-refractivity contribution in [2.24, 2.45) is 5.73 Å². The van der Waals surface area contributed by atoms with Crippen LogP contribution in [0.5, 0.6) is 0 Å². The topological polar surface area (TPSA) is 26.0 Å². The zero-order chi connectivity index (χ0) is 7.28. The Kier molecular flexibility index (Phi) is 8.98. The standard InChI is InChI=1S/C8H17N.ClH/c1-4-7(3)6-8(9)5-2;/h4,8H,5-6,9H2,1-3H3;1H/b7-4+;. The van der Waals surface area contributed by atoms with E-state index in [0.29, 0.717) is 6.04 Å². The van der Waals surface area contributed by atoms with Gasteiger partial charge in [-0.1, -0.05) is 18.6 Å². The average Bonchev–Trinajstić information content (AvgIpc) is 1.87. The molecule has 0 saturated carbocycles. The van der Waals surface area contributed by atoms with Crippen LogP contribution in [-0.2, 0) is 0 Å². The van der Waals surface area contributed by atoms with Gasteiger partial charge in [0.25, 0.3) is 0 Å². The first kappa shape index (κ1) is 12.6. The molecule has 0 amide bonds. The summed E-state index contributed by atoms with van der Waals surface area (Å²) in [5, 5.41) is 0. The fourth-order valence-corrected chi connectivity index (χ4v) is 0.676. The third kappa shape index (κ3) is 6.12. The second-order valence-corrected chi connectivity index (χ2v) is 2.51. The maximum atomic E-state index is 5.71. The molecule has 0 bridgehead atoms. The first-order chi connectivity index (χ1) is 4.20. The van der Waals surface area contributed by atoms with E-state index in [1.807, 2.05) is 0 Å². The van der Waals surface area contributed by atoms with E-state index in [2.05, 4.69) is 26.8 Å². The highest BCUT2D eigenvalue weighted by Crippen LogP contribution is 2.03. The largest absolute Gasteiger partial charge is 0.327 e. The van der Waals surface area contributed by atoms with Crippen LogP contribution in [0.15, 0.2) is 11.6 Å². The molecule has 0 aromatic carbocycles. The predicted octanol–water partition coefficient (Wildman–Crippen LogP) is 2.50. The number of allylic oxidation sites excluding steroid dienone is 1. The molecule has 0 aliphatic rings. The van der Waals surface area contributed by atoms with Crippen molar-refractivity contribution in [3.05, 3.63) is 11.6 Å². The third-order valence-corrected chi connectivity index (χ3v) is 1.60. The van der Waals surface area contributed by atoms with Crippen LogP contribution < -0.4 is 5.73 Å². The fourth-order valence-electron chi connectivity index (χ4n) is 0.676. The van der Waals surface area contributed by atoms with E-state index in [1.54, 1.807) is 0 Å². The molecule has 0 aliphatic heterocycles. The molecule has 2 N–H and O–H groups in total. The summed E-state index contributed by atoms with van der Waals surface area (Å²) in [7, 11) is 0. The summed E-state index contributed by atoms with van der Waals surface area (Å²) in [4.78, 5) is 0. The van der Waals surface area contributed by atoms with Gasteiger partial charge >= 0.3 is 0 Å². The zero-order valence-corrected chi connectivity index (χ0v) is 7.87. The molecule has 0 aromatic heterocycles. The Morgan fingerprint density at radius 3 is 2.40 bits per heavy atom. The first-order valence-electron chi connectivity index (χ1n) is 3.58. The molecule has 1 nitrogen and oxygen atoms in total. The number of hydrogen-bond donors (Lipinski definition) is 1. The molecule has 0 radical (unpaired) electrons. The first-order valence-corrected chi connectivity index (χ1v) is 3.58. The fraction of sp³-hybridized carbons (Fsp3) is 0.750. The summed E-state index contributed by atoms with van der Waals surface area (Å²) >= 11 is 0. The van der Waals surface area contributed by atoms with Gasteiger partial charge in [-0.3, -0.25) is 0 Å². The van der Waals surface area contributed by atoms with E-state index in [4.69, 9.17) is 5.73 Å². The lowest BCUT2D eigenvalue weighted by atomic mass is 10.1. The van der Waals surface area contributed by atoms with Crippen LogP contribution in [0.25, 0.3) is 0 Å². The van der Waals surface area contributed by atoms with Gasteiger partial charge in [-0.05, 0) is 26.7 Å². The third-order valence-electron chi connectivity index (χ3n) is 1.60. The van der Waals surface area contributed by atoms with E-state index in [0.717, 1.165) is 12.8 Å². The molecule has 0 fully saturated rings. The molecule has 10 heavy (non-hydrogen) atoms. The van der Waals surface area contributed by atoms with Crippen LogP contribution in [0.3, 0.4) is 0 Å². The van der Waals surface area contributed by atoms with Crippen molar-refractivity contribution in [2.75, 3.05) is 0 Å². The van der Waals surface area contributed by atoms with Gasteiger partial charge in [-0.15, -0.1) is 12.4 Å². The van der Waals surface area contributed by atoms with Crippen molar-refractivity contribution in [3.63, 3.8) is 0 Å². The van der Waals surface area contributed by atoms with Gasteiger partial charge in [0.2, 0.25) is 0 Å². The van der Waals surface area contributed by atoms with Gasteiger partial charge in [-0.25, -0.2) is 0 Å². The van der Waals surface area contributed by atoms with Gasteiger partial charge in [0.05, 0.1) is 0 Å². The van der Waals surface area contributed by atoms with Crippen molar-refractivity contribution in [3.8, 4) is 0 Å². The minimum absolute atomic E-state index is 0. The minimum Gasteiger partial charge on any atom is -0.327 e. The van der Waals surface area contributed by atoms with Gasteiger partial charge < -0.3 is 5.73 Å². The van der Waals surface area contributed by atoms with Gasteiger partial charge in [0.1, 0.15) is 0 Å². The maximum absolute atomic E-state index is 5.71. The van der Waals surface area contributed by atoms with Crippen molar-refractivity contribution in [2.45, 2.75) is 39.7 Å². The van der Waals surface area contributed by atoms with Crippen molar-refractivity contribution in [1.29, 1.82) is 0 Å². The Morgan fingerprint density at radius 1 is 1.60 bits per heavy atom. The summed E-state index contributed by atoms with van der Waals surface area (Å²) in [6.07, 6.45) is 4.24. The van der Waals surface area contributed by atoms with Crippen molar-refractivity contribution in [1.82, 2.24) is 0 Å². The van der Waals surface area contributed by atoms with E-state index < -0.39 is 0 Å². The monoisotopic (exact) mass is 163 g/mol. The number of nitrogens with two attached hydrogens (primary N) is 1. The van der Waals surface area contributed by atoms with Crippen molar-refractivity contribution < 1.29 is 0 Å². The number of hydrogen-bond acceptors (Lipinski definition) is 1. The second-order valence-electron chi connectivity index (χ2n) is 2.51. The van der Waals surface area contributed by atoms with E-state index >= 15 is 0 Å². The highest BCUT2D eigenvalue weighted by molar-refractivity contribution is 5.85. The quantitative estimate of drug-likeness (QED) is 0.636. The van der Waals surface area contributed by atoms with Crippen molar-refractivity contribution >= 4 is 12.4 Å². The molecule has 0 rings (SSSR count). The Bertz CT molecular complexity index is 99.4. The Morgan fingerprint density at radius 2 is 2.10 bits per heavy atom. The molecule has 0 heterocycles. The van der Waals surface area contributed by atoms with Crippen LogP contribution >= 0.6 is 12.4 Å². The lowest BCUT2D eigenvalue weighted by molar-refractivity contribution is 0.642. The lowest BCUT2D eigenvalue weighted by Gasteiger charge is -2.07. The van der Waals surface area contributed by atoms with E-state index in [-0.39, 0.29) is 12.4 Å². The van der Waals surface area contributed by atoms with E-state index in [9.17, 15) is 0 Å². The Hall–Kier alpha value is -0.0100. The highest BCUT2D eigenvalue weighted by atomic mass is 35.5. The summed E-state index contributed by atoms with van der Waals surface area (Å²) < 4.78 is 0. The predicted molar refractivity (Wildman–Crippen MR) is 49.6 cm³/mol. The molecule has 2 heteroatoms. The summed E-state index contributed by atoms with van der Waals surface area (Å²) in [6.45, 7) is 6.29. The summed E-state index contributed by atoms with van der Waals surface area (Å²) in [5.41, 5.74) is 7.10. The summed E-state index contributed by atoms with van der Waals surface area (Å²) in [5.74, 6) is 0.